The van der Waals surface area contributed by atoms with Crippen molar-refractivity contribution in [2.75, 3.05) is 13.1 Å². The van der Waals surface area contributed by atoms with Gasteiger partial charge in [0.15, 0.2) is 0 Å². The van der Waals surface area contributed by atoms with E-state index in [1.54, 1.807) is 24.3 Å². The van der Waals surface area contributed by atoms with Crippen LogP contribution in [0.5, 0.6) is 5.75 Å². The summed E-state index contributed by atoms with van der Waals surface area (Å²) in [5.74, 6) is -2.20. The molecule has 0 atom stereocenters. The molecule has 174 valence electrons. The number of carboxylic acids is 1. The highest BCUT2D eigenvalue weighted by atomic mass is 19.4. The van der Waals surface area contributed by atoms with E-state index in [2.05, 4.69) is 0 Å². The Morgan fingerprint density at radius 2 is 1.70 bits per heavy atom. The van der Waals surface area contributed by atoms with Crippen LogP contribution in [0.25, 0.3) is 11.0 Å². The molecule has 8 nitrogen and oxygen atoms in total. The highest BCUT2D eigenvalue weighted by Gasteiger charge is 2.37. The molecule has 4 rings (SSSR count). The van der Waals surface area contributed by atoms with Crippen molar-refractivity contribution in [3.63, 3.8) is 0 Å². The van der Waals surface area contributed by atoms with Crippen molar-refractivity contribution >= 4 is 22.8 Å². The molecule has 3 aromatic rings. The molecule has 0 amide bonds. The smallest absolute Gasteiger partial charge is 0.417 e. The number of fused-ring (bicyclic) bond motifs is 1. The van der Waals surface area contributed by atoms with E-state index in [4.69, 9.17) is 5.41 Å². The van der Waals surface area contributed by atoms with Crippen molar-refractivity contribution in [3.8, 4) is 5.75 Å². The number of phenols is 1. The molecular formula is C22H21F3N4O4. The molecule has 1 fully saturated rings. The molecule has 1 aliphatic heterocycles. The number of aliphatic carboxylic acids is 1. The molecule has 3 N–H and O–H groups in total. The largest absolute Gasteiger partial charge is 0.507 e. The number of nitrogens with one attached hydrogen (secondary N) is 1. The molecule has 0 aliphatic carbocycles. The predicted molar refractivity (Wildman–Crippen MR) is 114 cm³/mol. The highest BCUT2D eigenvalue weighted by molar-refractivity contribution is 6.00. The number of alkyl halides is 3. The van der Waals surface area contributed by atoms with Gasteiger partial charge in [0.05, 0.1) is 22.2 Å². The first kappa shape index (κ1) is 22.4. The number of aromatic nitrogens is 2. The quantitative estimate of drug-likeness (QED) is 0.407. The summed E-state index contributed by atoms with van der Waals surface area (Å²) in [6.07, 6.45) is -4.01. The Labute approximate surface area is 185 Å². The molecule has 0 radical (unpaired) electrons. The third-order valence-electron chi connectivity index (χ3n) is 5.89. The van der Waals surface area contributed by atoms with Gasteiger partial charge in [-0.15, -0.1) is 0 Å². The number of hydrogen-bond donors (Lipinski definition) is 3. The fourth-order valence-electron chi connectivity index (χ4n) is 4.40. The summed E-state index contributed by atoms with van der Waals surface area (Å²) in [5, 5.41) is 27.6. The lowest BCUT2D eigenvalue weighted by Crippen LogP contribution is -2.41. The molecular weight excluding hydrogens is 441 g/mol. The van der Waals surface area contributed by atoms with E-state index in [0.717, 1.165) is 18.2 Å². The number of amidine groups is 1. The van der Waals surface area contributed by atoms with Crippen LogP contribution >= 0.6 is 0 Å². The minimum absolute atomic E-state index is 0.194. The molecule has 1 aliphatic rings. The summed E-state index contributed by atoms with van der Waals surface area (Å²) in [6, 6.07) is 9.55. The van der Waals surface area contributed by atoms with Gasteiger partial charge in [-0.3, -0.25) is 19.3 Å². The number of para-hydroxylation sites is 2. The SMILES string of the molecule is N=C(c1c(O)cccc1C(F)(F)F)N1CCC(n2c(=O)n(CC(=O)O)c3ccccc32)CC1. The highest BCUT2D eigenvalue weighted by Crippen LogP contribution is 2.37. The minimum Gasteiger partial charge on any atom is -0.507 e. The van der Waals surface area contributed by atoms with Gasteiger partial charge in [-0.1, -0.05) is 18.2 Å². The monoisotopic (exact) mass is 462 g/mol. The minimum atomic E-state index is -4.72. The van der Waals surface area contributed by atoms with Gasteiger partial charge in [-0.25, -0.2) is 4.79 Å². The Kier molecular flexibility index (Phi) is 5.64. The van der Waals surface area contributed by atoms with Crippen molar-refractivity contribution in [3.05, 3.63) is 64.1 Å². The zero-order valence-electron chi connectivity index (χ0n) is 17.3. The molecule has 2 aromatic carbocycles. The van der Waals surface area contributed by atoms with Crippen molar-refractivity contribution < 1.29 is 28.2 Å². The second-order valence-corrected chi connectivity index (χ2v) is 7.89. The van der Waals surface area contributed by atoms with Crippen LogP contribution in [0.15, 0.2) is 47.3 Å². The van der Waals surface area contributed by atoms with E-state index in [9.17, 15) is 33.0 Å². The molecule has 11 heteroatoms. The second kappa shape index (κ2) is 8.30. The number of rotatable bonds is 4. The first-order valence-corrected chi connectivity index (χ1v) is 10.2. The van der Waals surface area contributed by atoms with Gasteiger partial charge in [-0.05, 0) is 37.1 Å². The normalized spacial score (nSPS) is 15.2. The Morgan fingerprint density at radius 3 is 2.30 bits per heavy atom. The van der Waals surface area contributed by atoms with Crippen LogP contribution in [0.4, 0.5) is 13.2 Å². The zero-order chi connectivity index (χ0) is 23.9. The van der Waals surface area contributed by atoms with E-state index in [0.29, 0.717) is 23.9 Å². The molecule has 33 heavy (non-hydrogen) atoms. The van der Waals surface area contributed by atoms with Crippen LogP contribution in [-0.2, 0) is 17.5 Å². The molecule has 0 unspecified atom stereocenters. The number of benzene rings is 2. The van der Waals surface area contributed by atoms with Gasteiger partial charge in [-0.2, -0.15) is 13.2 Å². The molecule has 1 aromatic heterocycles. The third kappa shape index (κ3) is 4.06. The summed E-state index contributed by atoms with van der Waals surface area (Å²) in [7, 11) is 0. The van der Waals surface area contributed by atoms with Crippen molar-refractivity contribution in [2.45, 2.75) is 31.6 Å². The number of carbonyl (C=O) groups is 1. The van der Waals surface area contributed by atoms with E-state index < -0.39 is 47.1 Å². The maximum Gasteiger partial charge on any atom is 0.417 e. The number of hydrogen-bond acceptors (Lipinski definition) is 4. The number of halogens is 3. The predicted octanol–water partition coefficient (Wildman–Crippen LogP) is 3.27. The summed E-state index contributed by atoms with van der Waals surface area (Å²) in [6.45, 7) is -0.0939. The Balaban J connectivity index is 1.61. The van der Waals surface area contributed by atoms with Gasteiger partial charge in [0.1, 0.15) is 18.1 Å². The summed E-state index contributed by atoms with van der Waals surface area (Å²) >= 11 is 0. The maximum absolute atomic E-state index is 13.4. The first-order valence-electron chi connectivity index (χ1n) is 10.2. The summed E-state index contributed by atoms with van der Waals surface area (Å²) < 4.78 is 43.0. The number of piperidine rings is 1. The van der Waals surface area contributed by atoms with Crippen LogP contribution in [0.2, 0.25) is 0 Å². The van der Waals surface area contributed by atoms with Crippen LogP contribution in [0.1, 0.15) is 30.0 Å². The number of imidazole rings is 1. The number of aromatic hydroxyl groups is 1. The fraction of sp³-hybridized carbons (Fsp3) is 0.318. The van der Waals surface area contributed by atoms with E-state index >= 15 is 0 Å². The zero-order valence-corrected chi connectivity index (χ0v) is 17.3. The molecule has 0 spiro atoms. The number of carboxylic acid groups (broad SMARTS) is 1. The number of likely N-dealkylation sites (tertiary alicyclic amines) is 1. The van der Waals surface area contributed by atoms with E-state index in [1.165, 1.54) is 14.0 Å². The standard InChI is InChI=1S/C22H21F3N4O4/c23-22(24,25)14-4-3-7-17(30)19(14)20(26)27-10-8-13(9-11-27)29-16-6-2-1-5-15(16)28(21(29)33)12-18(31)32/h1-7,13,26,30H,8-12H2,(H,31,32). The second-order valence-electron chi connectivity index (χ2n) is 7.89. The average Bonchev–Trinajstić information content (AvgIpc) is 3.03. The van der Waals surface area contributed by atoms with Gasteiger partial charge < -0.3 is 15.1 Å². The molecule has 0 saturated carbocycles. The molecule has 0 bridgehead atoms. The lowest BCUT2D eigenvalue weighted by atomic mass is 10.00. The lowest BCUT2D eigenvalue weighted by molar-refractivity contribution is -0.138. The third-order valence-corrected chi connectivity index (χ3v) is 5.89. The maximum atomic E-state index is 13.4. The Hall–Kier alpha value is -3.76. The topological polar surface area (TPSA) is 112 Å². The summed E-state index contributed by atoms with van der Waals surface area (Å²) in [5.41, 5.74) is -1.05. The van der Waals surface area contributed by atoms with Gasteiger partial charge >= 0.3 is 17.8 Å². The van der Waals surface area contributed by atoms with Crippen molar-refractivity contribution in [1.82, 2.24) is 14.0 Å². The lowest BCUT2D eigenvalue weighted by Gasteiger charge is -2.34. The van der Waals surface area contributed by atoms with Crippen LogP contribution in [-0.4, -0.2) is 49.1 Å². The van der Waals surface area contributed by atoms with E-state index in [1.807, 2.05) is 0 Å². The van der Waals surface area contributed by atoms with Crippen LogP contribution in [0, 0.1) is 5.41 Å². The van der Waals surface area contributed by atoms with Crippen molar-refractivity contribution in [1.29, 1.82) is 5.41 Å². The fourth-order valence-corrected chi connectivity index (χ4v) is 4.40. The Bertz CT molecular complexity index is 1290. The van der Waals surface area contributed by atoms with E-state index in [-0.39, 0.29) is 19.1 Å². The number of phenolic OH excluding ortho intramolecular Hbond substituents is 1. The van der Waals surface area contributed by atoms with Crippen LogP contribution in [0.3, 0.4) is 0 Å². The number of nitrogens with zero attached hydrogens (tertiary/aromatic N) is 3. The molecule has 1 saturated heterocycles. The molecule has 2 heterocycles. The van der Waals surface area contributed by atoms with Gasteiger partial charge in [0.2, 0.25) is 0 Å². The van der Waals surface area contributed by atoms with Crippen LogP contribution < -0.4 is 5.69 Å². The first-order chi connectivity index (χ1) is 15.6. The van der Waals surface area contributed by atoms with Crippen molar-refractivity contribution in [2.24, 2.45) is 0 Å². The Morgan fingerprint density at radius 1 is 1.06 bits per heavy atom. The average molecular weight is 462 g/mol. The summed E-state index contributed by atoms with van der Waals surface area (Å²) in [4.78, 5) is 25.7. The van der Waals surface area contributed by atoms with Gasteiger partial charge in [0, 0.05) is 19.1 Å². The van der Waals surface area contributed by atoms with Gasteiger partial charge in [0.25, 0.3) is 0 Å².